The number of hydrogen-bond donors (Lipinski definition) is 1. The first-order valence-corrected chi connectivity index (χ1v) is 7.47. The summed E-state index contributed by atoms with van der Waals surface area (Å²) in [4.78, 5) is 0. The van der Waals surface area contributed by atoms with Crippen LogP contribution >= 0.6 is 0 Å². The Labute approximate surface area is 131 Å². The van der Waals surface area contributed by atoms with Crippen molar-refractivity contribution in [1.29, 1.82) is 0 Å². The van der Waals surface area contributed by atoms with Gasteiger partial charge in [0.15, 0.2) is 0 Å². The Hall–Kier alpha value is -2.20. The lowest BCUT2D eigenvalue weighted by Gasteiger charge is -2.26. The second-order valence-electron chi connectivity index (χ2n) is 5.33. The summed E-state index contributed by atoms with van der Waals surface area (Å²) in [5.41, 5.74) is 2.36. The Kier molecular flexibility index (Phi) is 4.49. The molecule has 2 aromatic carbocycles. The number of para-hydroxylation sites is 1. The van der Waals surface area contributed by atoms with E-state index in [0.29, 0.717) is 6.04 Å². The van der Waals surface area contributed by atoms with Crippen molar-refractivity contribution in [3.63, 3.8) is 0 Å². The predicted molar refractivity (Wildman–Crippen MR) is 85.7 cm³/mol. The molecular formula is C18H21NO3. The lowest BCUT2D eigenvalue weighted by Crippen LogP contribution is -2.26. The summed E-state index contributed by atoms with van der Waals surface area (Å²) >= 11 is 0. The van der Waals surface area contributed by atoms with Crippen molar-refractivity contribution in [1.82, 2.24) is 5.32 Å². The molecule has 0 amide bonds. The number of fused-ring (bicyclic) bond motifs is 1. The average Bonchev–Trinajstić information content (AvgIpc) is 2.59. The van der Waals surface area contributed by atoms with Gasteiger partial charge in [-0.25, -0.2) is 0 Å². The van der Waals surface area contributed by atoms with Crippen molar-refractivity contribution in [3.05, 3.63) is 53.6 Å². The van der Waals surface area contributed by atoms with E-state index in [-0.39, 0.29) is 0 Å². The molecule has 1 heterocycles. The van der Waals surface area contributed by atoms with Crippen LogP contribution in [0.25, 0.3) is 0 Å². The van der Waals surface area contributed by atoms with Gasteiger partial charge in [0.25, 0.3) is 0 Å². The molecule has 0 aromatic heterocycles. The van der Waals surface area contributed by atoms with Crippen molar-refractivity contribution < 1.29 is 14.2 Å². The molecule has 1 N–H and O–H groups in total. The molecule has 3 rings (SSSR count). The van der Waals surface area contributed by atoms with E-state index in [0.717, 1.165) is 42.4 Å². The molecule has 4 heteroatoms. The predicted octanol–water partition coefficient (Wildman–Crippen LogP) is 3.32. The van der Waals surface area contributed by atoms with Crippen molar-refractivity contribution >= 4 is 0 Å². The molecule has 2 aromatic rings. The van der Waals surface area contributed by atoms with Crippen molar-refractivity contribution in [3.8, 4) is 17.2 Å². The van der Waals surface area contributed by atoms with E-state index in [9.17, 15) is 0 Å². The van der Waals surface area contributed by atoms with Gasteiger partial charge in [0.2, 0.25) is 0 Å². The summed E-state index contributed by atoms with van der Waals surface area (Å²) in [6, 6.07) is 14.5. The van der Waals surface area contributed by atoms with E-state index in [1.54, 1.807) is 14.2 Å². The van der Waals surface area contributed by atoms with Crippen LogP contribution in [0.5, 0.6) is 17.2 Å². The molecule has 116 valence electrons. The summed E-state index contributed by atoms with van der Waals surface area (Å²) in [7, 11) is 3.33. The minimum absolute atomic E-state index is 0.308. The number of rotatable bonds is 5. The highest BCUT2D eigenvalue weighted by molar-refractivity contribution is 5.39. The topological polar surface area (TPSA) is 39.7 Å². The van der Waals surface area contributed by atoms with E-state index in [1.807, 2.05) is 30.3 Å². The summed E-state index contributed by atoms with van der Waals surface area (Å²) in [6.07, 6.45) is 0.970. The fourth-order valence-electron chi connectivity index (χ4n) is 2.76. The maximum atomic E-state index is 5.70. The number of hydrogen-bond acceptors (Lipinski definition) is 4. The monoisotopic (exact) mass is 299 g/mol. The fraction of sp³-hybridized carbons (Fsp3) is 0.333. The highest BCUT2D eigenvalue weighted by Crippen LogP contribution is 2.32. The van der Waals surface area contributed by atoms with Crippen LogP contribution in [0.4, 0.5) is 0 Å². The van der Waals surface area contributed by atoms with Crippen LogP contribution < -0.4 is 19.5 Å². The molecule has 1 atom stereocenters. The zero-order valence-corrected chi connectivity index (χ0v) is 13.0. The molecular weight excluding hydrogens is 278 g/mol. The third-order valence-electron chi connectivity index (χ3n) is 3.92. The number of methoxy groups -OCH3 is 2. The summed E-state index contributed by atoms with van der Waals surface area (Å²) in [5.74, 6) is 2.60. The lowest BCUT2D eigenvalue weighted by atomic mass is 10.0. The van der Waals surface area contributed by atoms with Gasteiger partial charge in [-0.05, 0) is 23.8 Å². The van der Waals surface area contributed by atoms with Crippen molar-refractivity contribution in [2.45, 2.75) is 19.0 Å². The smallest absolute Gasteiger partial charge is 0.124 e. The van der Waals surface area contributed by atoms with E-state index in [2.05, 4.69) is 17.4 Å². The minimum atomic E-state index is 0.308. The van der Waals surface area contributed by atoms with Crippen LogP contribution in [0.2, 0.25) is 0 Å². The Morgan fingerprint density at radius 1 is 1.09 bits per heavy atom. The van der Waals surface area contributed by atoms with E-state index in [1.165, 1.54) is 5.56 Å². The van der Waals surface area contributed by atoms with E-state index >= 15 is 0 Å². The number of benzene rings is 2. The molecule has 0 saturated carbocycles. The second-order valence-corrected chi connectivity index (χ2v) is 5.33. The normalized spacial score (nSPS) is 16.5. The van der Waals surface area contributed by atoms with Crippen LogP contribution in [-0.2, 0) is 6.54 Å². The molecule has 22 heavy (non-hydrogen) atoms. The Balaban J connectivity index is 1.73. The van der Waals surface area contributed by atoms with Gasteiger partial charge < -0.3 is 19.5 Å². The molecule has 0 aliphatic carbocycles. The Morgan fingerprint density at radius 2 is 1.82 bits per heavy atom. The van der Waals surface area contributed by atoms with Crippen LogP contribution in [0.1, 0.15) is 23.6 Å². The number of ether oxygens (including phenoxy) is 3. The number of nitrogens with one attached hydrogen (secondary N) is 1. The van der Waals surface area contributed by atoms with Crippen LogP contribution in [-0.4, -0.2) is 20.8 Å². The third kappa shape index (κ3) is 3.17. The summed E-state index contributed by atoms with van der Waals surface area (Å²) < 4.78 is 16.3. The zero-order chi connectivity index (χ0) is 15.4. The first-order chi connectivity index (χ1) is 10.8. The van der Waals surface area contributed by atoms with Crippen LogP contribution in [0.15, 0.2) is 42.5 Å². The van der Waals surface area contributed by atoms with Crippen LogP contribution in [0, 0.1) is 0 Å². The van der Waals surface area contributed by atoms with Gasteiger partial charge in [-0.2, -0.15) is 0 Å². The van der Waals surface area contributed by atoms with Gasteiger partial charge in [-0.3, -0.25) is 0 Å². The molecule has 0 bridgehead atoms. The Morgan fingerprint density at radius 3 is 2.55 bits per heavy atom. The SMILES string of the molecule is COc1cc(CN[C@H]2CCOc3ccccc32)cc(OC)c1. The van der Waals surface area contributed by atoms with E-state index in [4.69, 9.17) is 14.2 Å². The molecule has 0 radical (unpaired) electrons. The maximum absolute atomic E-state index is 5.70. The summed E-state index contributed by atoms with van der Waals surface area (Å²) in [5, 5.41) is 3.61. The van der Waals surface area contributed by atoms with Gasteiger partial charge in [0, 0.05) is 30.6 Å². The van der Waals surface area contributed by atoms with Crippen molar-refractivity contribution in [2.75, 3.05) is 20.8 Å². The minimum Gasteiger partial charge on any atom is -0.497 e. The summed E-state index contributed by atoms with van der Waals surface area (Å²) in [6.45, 7) is 1.50. The van der Waals surface area contributed by atoms with Gasteiger partial charge >= 0.3 is 0 Å². The molecule has 0 fully saturated rings. The van der Waals surface area contributed by atoms with Gasteiger partial charge in [-0.1, -0.05) is 18.2 Å². The molecule has 0 saturated heterocycles. The molecule has 1 aliphatic heterocycles. The van der Waals surface area contributed by atoms with Crippen LogP contribution in [0.3, 0.4) is 0 Å². The van der Waals surface area contributed by atoms with Gasteiger partial charge in [-0.15, -0.1) is 0 Å². The highest BCUT2D eigenvalue weighted by atomic mass is 16.5. The zero-order valence-electron chi connectivity index (χ0n) is 13.0. The molecule has 0 unspecified atom stereocenters. The molecule has 0 spiro atoms. The highest BCUT2D eigenvalue weighted by Gasteiger charge is 2.20. The Bertz CT molecular complexity index is 620. The van der Waals surface area contributed by atoms with Gasteiger partial charge in [0.05, 0.1) is 20.8 Å². The van der Waals surface area contributed by atoms with Gasteiger partial charge in [0.1, 0.15) is 17.2 Å². The molecule has 1 aliphatic rings. The lowest BCUT2D eigenvalue weighted by molar-refractivity contribution is 0.252. The van der Waals surface area contributed by atoms with Crippen molar-refractivity contribution in [2.24, 2.45) is 0 Å². The largest absolute Gasteiger partial charge is 0.497 e. The quantitative estimate of drug-likeness (QED) is 0.919. The second kappa shape index (κ2) is 6.71. The standard InChI is InChI=1S/C18H21NO3/c1-20-14-9-13(10-15(11-14)21-2)12-19-17-7-8-22-18-6-4-3-5-16(17)18/h3-6,9-11,17,19H,7-8,12H2,1-2H3/t17-/m0/s1. The maximum Gasteiger partial charge on any atom is 0.124 e. The third-order valence-corrected chi connectivity index (χ3v) is 3.92. The average molecular weight is 299 g/mol. The fourth-order valence-corrected chi connectivity index (χ4v) is 2.76. The first kappa shape index (κ1) is 14.7. The first-order valence-electron chi connectivity index (χ1n) is 7.47. The molecule has 4 nitrogen and oxygen atoms in total. The van der Waals surface area contributed by atoms with E-state index < -0.39 is 0 Å².